The number of urea groups is 1. The first kappa shape index (κ1) is 19.5. The topological polar surface area (TPSA) is 81.2 Å². The third kappa shape index (κ3) is 3.09. The van der Waals surface area contributed by atoms with Crippen LogP contribution in [0.3, 0.4) is 0 Å². The Morgan fingerprint density at radius 2 is 1.80 bits per heavy atom. The number of hydrogen-bond donors (Lipinski definition) is 1. The van der Waals surface area contributed by atoms with Gasteiger partial charge in [-0.15, -0.1) is 0 Å². The lowest BCUT2D eigenvalue weighted by molar-refractivity contribution is -0.136. The molecule has 2 aliphatic heterocycles. The second kappa shape index (κ2) is 6.18. The van der Waals surface area contributed by atoms with Crippen LogP contribution in [0.1, 0.15) is 61.3 Å². The van der Waals surface area contributed by atoms with E-state index in [0.29, 0.717) is 19.4 Å². The van der Waals surface area contributed by atoms with Crippen molar-refractivity contribution in [3.63, 3.8) is 0 Å². The van der Waals surface area contributed by atoms with Gasteiger partial charge in [0, 0.05) is 12.6 Å². The van der Waals surface area contributed by atoms with Crippen molar-refractivity contribution in [1.82, 2.24) is 14.7 Å². The molecule has 1 N–H and O–H groups in total. The molecule has 0 bridgehead atoms. The number of piperidine rings is 1. The molecule has 142 valence electrons. The smallest absolute Gasteiger partial charge is 0.407 e. The minimum atomic E-state index is -0.997. The maximum atomic E-state index is 13.1. The summed E-state index contributed by atoms with van der Waals surface area (Å²) in [5.74, 6) is -0.238. The highest BCUT2D eigenvalue weighted by Gasteiger charge is 2.57. The van der Waals surface area contributed by atoms with Crippen molar-refractivity contribution in [3.8, 4) is 0 Å². The Labute approximate surface area is 149 Å². The van der Waals surface area contributed by atoms with Gasteiger partial charge in [0.05, 0.1) is 12.1 Å². The van der Waals surface area contributed by atoms with Gasteiger partial charge in [-0.25, -0.2) is 9.59 Å². The third-order valence-corrected chi connectivity index (χ3v) is 5.34. The molecule has 0 aromatic heterocycles. The zero-order valence-corrected chi connectivity index (χ0v) is 16.4. The lowest BCUT2D eigenvalue weighted by Crippen LogP contribution is -2.63. The molecular weight excluding hydrogens is 322 g/mol. The third-order valence-electron chi connectivity index (χ3n) is 5.34. The van der Waals surface area contributed by atoms with Crippen LogP contribution in [0.25, 0.3) is 0 Å². The van der Waals surface area contributed by atoms with Crippen molar-refractivity contribution >= 4 is 18.0 Å². The zero-order chi connectivity index (χ0) is 19.3. The van der Waals surface area contributed by atoms with E-state index in [9.17, 15) is 19.5 Å². The van der Waals surface area contributed by atoms with Gasteiger partial charge in [-0.05, 0) is 46.0 Å². The molecule has 2 unspecified atom stereocenters. The number of carboxylic acid groups (broad SMARTS) is 1. The molecule has 2 fully saturated rings. The Balaban J connectivity index is 2.49. The highest BCUT2D eigenvalue weighted by Crippen LogP contribution is 2.39. The Morgan fingerprint density at radius 3 is 2.20 bits per heavy atom. The second-order valence-electron chi connectivity index (χ2n) is 8.98. The van der Waals surface area contributed by atoms with E-state index in [4.69, 9.17) is 0 Å². The highest BCUT2D eigenvalue weighted by molar-refractivity contribution is 6.07. The van der Waals surface area contributed by atoms with Crippen molar-refractivity contribution < 1.29 is 19.5 Å². The minimum absolute atomic E-state index is 0.108. The molecule has 0 saturated carbocycles. The second-order valence-corrected chi connectivity index (χ2v) is 8.98. The molecular formula is C18H31N3O4. The van der Waals surface area contributed by atoms with Crippen molar-refractivity contribution in [2.24, 2.45) is 5.41 Å². The van der Waals surface area contributed by atoms with Crippen LogP contribution >= 0.6 is 0 Å². The lowest BCUT2D eigenvalue weighted by Gasteiger charge is -2.48. The summed E-state index contributed by atoms with van der Waals surface area (Å²) in [6.45, 7) is 13.6. The molecule has 0 aromatic rings. The van der Waals surface area contributed by atoms with Gasteiger partial charge in [0.2, 0.25) is 0 Å². The molecule has 25 heavy (non-hydrogen) atoms. The van der Waals surface area contributed by atoms with E-state index in [2.05, 4.69) is 0 Å². The fraction of sp³-hybridized carbons (Fsp3) is 0.833. The number of nitrogens with zero attached hydrogens (tertiary/aromatic N) is 3. The summed E-state index contributed by atoms with van der Waals surface area (Å²) in [6, 6.07) is -1.28. The number of amides is 4. The molecule has 2 aliphatic rings. The maximum Gasteiger partial charge on any atom is 0.407 e. The highest BCUT2D eigenvalue weighted by atomic mass is 16.4. The predicted octanol–water partition coefficient (Wildman–Crippen LogP) is 2.99. The molecule has 0 spiro atoms. The zero-order valence-electron chi connectivity index (χ0n) is 16.4. The van der Waals surface area contributed by atoms with Crippen LogP contribution in [0, 0.1) is 5.41 Å². The minimum Gasteiger partial charge on any atom is -0.465 e. The average molecular weight is 353 g/mol. The van der Waals surface area contributed by atoms with Gasteiger partial charge < -0.3 is 14.9 Å². The van der Waals surface area contributed by atoms with Gasteiger partial charge in [-0.3, -0.25) is 9.69 Å². The Hall–Kier alpha value is -1.79. The Bertz CT molecular complexity index is 579. The molecule has 2 saturated heterocycles. The Morgan fingerprint density at radius 1 is 1.24 bits per heavy atom. The summed E-state index contributed by atoms with van der Waals surface area (Å²) < 4.78 is 0. The maximum absolute atomic E-state index is 13.1. The number of carbonyl (C=O) groups excluding carboxylic acids is 2. The molecule has 0 aromatic carbocycles. The summed E-state index contributed by atoms with van der Waals surface area (Å²) in [6.07, 6.45) is 0.275. The normalized spacial score (nSPS) is 27.4. The van der Waals surface area contributed by atoms with Gasteiger partial charge in [0.15, 0.2) is 0 Å². The van der Waals surface area contributed by atoms with Crippen molar-refractivity contribution in [2.75, 3.05) is 6.54 Å². The van der Waals surface area contributed by atoms with E-state index < -0.39 is 23.7 Å². The molecule has 7 heteroatoms. The summed E-state index contributed by atoms with van der Waals surface area (Å²) in [4.78, 5) is 42.3. The molecule has 2 atom stereocenters. The molecule has 2 rings (SSSR count). The largest absolute Gasteiger partial charge is 0.465 e. The summed E-state index contributed by atoms with van der Waals surface area (Å²) in [7, 11) is 0. The van der Waals surface area contributed by atoms with Crippen molar-refractivity contribution in [3.05, 3.63) is 0 Å². The van der Waals surface area contributed by atoms with E-state index in [1.165, 1.54) is 9.80 Å². The van der Waals surface area contributed by atoms with E-state index in [1.807, 2.05) is 34.6 Å². The summed E-state index contributed by atoms with van der Waals surface area (Å²) in [5.41, 5.74) is -1.31. The lowest BCUT2D eigenvalue weighted by atomic mass is 9.77. The molecule has 0 radical (unpaired) electrons. The molecule has 4 amide bonds. The average Bonchev–Trinajstić information content (AvgIpc) is 2.62. The number of rotatable bonds is 2. The van der Waals surface area contributed by atoms with E-state index in [-0.39, 0.29) is 23.4 Å². The fourth-order valence-electron chi connectivity index (χ4n) is 4.50. The fourth-order valence-corrected chi connectivity index (χ4v) is 4.50. The first-order chi connectivity index (χ1) is 11.3. The monoisotopic (exact) mass is 353 g/mol. The van der Waals surface area contributed by atoms with Crippen LogP contribution in [-0.2, 0) is 4.79 Å². The predicted molar refractivity (Wildman–Crippen MR) is 94.3 cm³/mol. The van der Waals surface area contributed by atoms with E-state index >= 15 is 0 Å². The van der Waals surface area contributed by atoms with Crippen LogP contribution in [0.2, 0.25) is 0 Å². The molecule has 7 nitrogen and oxygen atoms in total. The van der Waals surface area contributed by atoms with Crippen LogP contribution in [0.15, 0.2) is 0 Å². The van der Waals surface area contributed by atoms with Gasteiger partial charge in [0.1, 0.15) is 5.54 Å². The number of carbonyl (C=O) groups is 3. The first-order valence-corrected chi connectivity index (χ1v) is 8.98. The van der Waals surface area contributed by atoms with E-state index in [0.717, 1.165) is 0 Å². The van der Waals surface area contributed by atoms with Gasteiger partial charge >= 0.3 is 12.1 Å². The van der Waals surface area contributed by atoms with Gasteiger partial charge in [-0.1, -0.05) is 20.8 Å². The van der Waals surface area contributed by atoms with Crippen LogP contribution in [0.4, 0.5) is 9.59 Å². The molecule has 0 aliphatic carbocycles. The Kier molecular flexibility index (Phi) is 4.83. The number of likely N-dealkylation sites (tertiary alicyclic amines) is 1. The first-order valence-electron chi connectivity index (χ1n) is 8.98. The quantitative estimate of drug-likeness (QED) is 0.774. The van der Waals surface area contributed by atoms with Crippen LogP contribution in [0.5, 0.6) is 0 Å². The number of hydrogen-bond acceptors (Lipinski definition) is 3. The van der Waals surface area contributed by atoms with Gasteiger partial charge in [0.25, 0.3) is 5.91 Å². The van der Waals surface area contributed by atoms with Gasteiger partial charge in [-0.2, -0.15) is 0 Å². The van der Waals surface area contributed by atoms with Crippen molar-refractivity contribution in [2.45, 2.75) is 85.0 Å². The standard InChI is InChI=1S/C18H31N3O4/c1-11(2)21-15(23)20(14(22)18(21,6)7)12-9-8-10-19(16(24)25)13(12)17(3,4)5/h11-13H,8-10H2,1-7H3,(H,24,25). The molecule has 2 heterocycles. The summed E-state index contributed by atoms with van der Waals surface area (Å²) >= 11 is 0. The summed E-state index contributed by atoms with van der Waals surface area (Å²) in [5, 5.41) is 9.63. The number of imide groups is 1. The SMILES string of the molecule is CC(C)N1C(=O)N(C2CCCN(C(=O)O)C2C(C)(C)C)C(=O)C1(C)C. The van der Waals surface area contributed by atoms with Crippen molar-refractivity contribution in [1.29, 1.82) is 0 Å². The van der Waals surface area contributed by atoms with E-state index in [1.54, 1.807) is 18.7 Å². The van der Waals surface area contributed by atoms with Crippen LogP contribution < -0.4 is 0 Å². The van der Waals surface area contributed by atoms with Crippen LogP contribution in [-0.4, -0.2) is 68.0 Å².